The van der Waals surface area contributed by atoms with Crippen molar-refractivity contribution >= 4 is 5.97 Å². The number of carboxylic acids is 1. The van der Waals surface area contributed by atoms with E-state index in [0.29, 0.717) is 17.8 Å². The first-order valence-electron chi connectivity index (χ1n) is 5.39. The third kappa shape index (κ3) is 1.33. The molecule has 4 saturated carbocycles. The van der Waals surface area contributed by atoms with Gasteiger partial charge in [-0.25, -0.2) is 0 Å². The van der Waals surface area contributed by atoms with Crippen molar-refractivity contribution in [2.75, 3.05) is 0 Å². The largest absolute Gasteiger partial charge is 1.00 e. The molecule has 4 rings (SSSR count). The fourth-order valence-electron chi connectivity index (χ4n) is 4.36. The van der Waals surface area contributed by atoms with Crippen molar-refractivity contribution in [2.45, 2.75) is 38.5 Å². The molecule has 0 aromatic carbocycles. The summed E-state index contributed by atoms with van der Waals surface area (Å²) < 4.78 is 0. The quantitative estimate of drug-likeness (QED) is 0.643. The number of rotatable bonds is 1. The number of carbonyl (C=O) groups is 1. The van der Waals surface area contributed by atoms with Crippen LogP contribution in [-0.4, -0.2) is 5.97 Å². The van der Waals surface area contributed by atoms with Crippen LogP contribution in [0.15, 0.2) is 0 Å². The maximum Gasteiger partial charge on any atom is 1.00 e. The van der Waals surface area contributed by atoms with Crippen LogP contribution < -0.4 is 5.11 Å². The molecule has 3 heteroatoms. The van der Waals surface area contributed by atoms with Crippen LogP contribution in [0.3, 0.4) is 0 Å². The van der Waals surface area contributed by atoms with Gasteiger partial charge in [-0.15, -0.1) is 0 Å². The molecule has 0 saturated heterocycles. The van der Waals surface area contributed by atoms with E-state index in [1.165, 1.54) is 19.3 Å². The predicted molar refractivity (Wildman–Crippen MR) is 45.6 cm³/mol. The minimum atomic E-state index is -0.758. The first-order valence-corrected chi connectivity index (χ1v) is 5.39. The predicted octanol–water partition coefficient (Wildman–Crippen LogP) is 0.950. The van der Waals surface area contributed by atoms with E-state index in [1.807, 2.05) is 0 Å². The molecule has 4 bridgehead atoms. The third-order valence-electron chi connectivity index (χ3n) is 4.47. The average molecular weight is 243 g/mol. The third-order valence-corrected chi connectivity index (χ3v) is 4.47. The molecule has 14 heavy (non-hydrogen) atoms. The van der Waals surface area contributed by atoms with Gasteiger partial charge in [0.2, 0.25) is 0 Å². The Morgan fingerprint density at radius 1 is 1.00 bits per heavy atom. The summed E-state index contributed by atoms with van der Waals surface area (Å²) in [5.41, 5.74) is -0.394. The molecular formula is C11H15CuO2. The van der Waals surface area contributed by atoms with Crippen molar-refractivity contribution in [1.29, 1.82) is 0 Å². The Balaban J connectivity index is 0.000000750. The summed E-state index contributed by atoms with van der Waals surface area (Å²) in [6.45, 7) is 0. The van der Waals surface area contributed by atoms with Gasteiger partial charge in [-0.2, -0.15) is 0 Å². The van der Waals surface area contributed by atoms with Gasteiger partial charge < -0.3 is 9.90 Å². The summed E-state index contributed by atoms with van der Waals surface area (Å²) in [4.78, 5) is 11.1. The molecule has 4 aliphatic carbocycles. The Kier molecular flexibility index (Phi) is 2.43. The van der Waals surface area contributed by atoms with Crippen molar-refractivity contribution in [3.63, 3.8) is 0 Å². The van der Waals surface area contributed by atoms with Crippen LogP contribution in [0.1, 0.15) is 38.5 Å². The van der Waals surface area contributed by atoms with Gasteiger partial charge in [0.15, 0.2) is 0 Å². The van der Waals surface area contributed by atoms with Gasteiger partial charge in [-0.05, 0) is 56.3 Å². The van der Waals surface area contributed by atoms with Crippen LogP contribution in [0, 0.1) is 23.2 Å². The van der Waals surface area contributed by atoms with Crippen LogP contribution in [0.4, 0.5) is 0 Å². The van der Waals surface area contributed by atoms with Gasteiger partial charge in [0.25, 0.3) is 0 Å². The number of carboxylic acid groups (broad SMARTS) is 1. The monoisotopic (exact) mass is 242 g/mol. The molecule has 4 aliphatic rings. The maximum absolute atomic E-state index is 11.1. The molecule has 82 valence electrons. The number of aliphatic carboxylic acids is 1. The first kappa shape index (κ1) is 10.5. The zero-order valence-electron chi connectivity index (χ0n) is 8.09. The molecule has 0 unspecified atom stereocenters. The smallest absolute Gasteiger partial charge is 0.550 e. The van der Waals surface area contributed by atoms with E-state index in [4.69, 9.17) is 0 Å². The second-order valence-corrected chi connectivity index (χ2v) is 5.49. The maximum atomic E-state index is 11.1. The van der Waals surface area contributed by atoms with E-state index in [9.17, 15) is 9.90 Å². The number of carbonyl (C=O) groups excluding carboxylic acids is 1. The molecule has 0 amide bonds. The van der Waals surface area contributed by atoms with Gasteiger partial charge in [-0.1, -0.05) is 0 Å². The van der Waals surface area contributed by atoms with Gasteiger partial charge in [0.1, 0.15) is 0 Å². The number of hydrogen-bond donors (Lipinski definition) is 0. The zero-order chi connectivity index (χ0) is 9.05. The Hall–Kier alpha value is -0.0105. The summed E-state index contributed by atoms with van der Waals surface area (Å²) in [6, 6.07) is 0. The Morgan fingerprint density at radius 2 is 1.36 bits per heavy atom. The van der Waals surface area contributed by atoms with Gasteiger partial charge in [0, 0.05) is 11.4 Å². The fraction of sp³-hybridized carbons (Fsp3) is 0.909. The van der Waals surface area contributed by atoms with Crippen LogP contribution in [0.5, 0.6) is 0 Å². The Morgan fingerprint density at radius 3 is 1.64 bits per heavy atom. The van der Waals surface area contributed by atoms with Gasteiger partial charge >= 0.3 is 17.1 Å². The van der Waals surface area contributed by atoms with E-state index in [0.717, 1.165) is 19.3 Å². The number of hydrogen-bond acceptors (Lipinski definition) is 2. The van der Waals surface area contributed by atoms with Crippen molar-refractivity contribution < 1.29 is 27.0 Å². The Bertz CT molecular complexity index is 227. The Labute approximate surface area is 94.9 Å². The summed E-state index contributed by atoms with van der Waals surface area (Å²) >= 11 is 0. The van der Waals surface area contributed by atoms with Gasteiger partial charge in [0.05, 0.1) is 0 Å². The molecule has 0 spiro atoms. The minimum absolute atomic E-state index is 0. The molecule has 2 nitrogen and oxygen atoms in total. The molecule has 0 aromatic rings. The van der Waals surface area contributed by atoms with Crippen molar-refractivity contribution in [3.8, 4) is 0 Å². The zero-order valence-corrected chi connectivity index (χ0v) is 9.03. The SMILES string of the molecule is O=C([O-])C12CC3CC(CC(C3)C1)C2.[Cu+]. The van der Waals surface area contributed by atoms with Crippen molar-refractivity contribution in [2.24, 2.45) is 23.2 Å². The molecule has 0 heterocycles. The van der Waals surface area contributed by atoms with Gasteiger partial charge in [-0.3, -0.25) is 0 Å². The molecule has 0 atom stereocenters. The second-order valence-electron chi connectivity index (χ2n) is 5.49. The minimum Gasteiger partial charge on any atom is -0.550 e. The molecule has 0 aliphatic heterocycles. The van der Waals surface area contributed by atoms with Crippen molar-refractivity contribution in [1.82, 2.24) is 0 Å². The standard InChI is InChI=1S/C11H16O2.Cu/c12-10(13)11-4-7-1-8(5-11)3-9(2-7)6-11;/h7-9H,1-6H2,(H,12,13);/q;+1/p-1. The van der Waals surface area contributed by atoms with E-state index >= 15 is 0 Å². The summed E-state index contributed by atoms with van der Waals surface area (Å²) in [7, 11) is 0. The molecule has 0 radical (unpaired) electrons. The van der Waals surface area contributed by atoms with Crippen LogP contribution in [0.2, 0.25) is 0 Å². The normalized spacial score (nSPS) is 48.7. The second kappa shape index (κ2) is 3.24. The van der Waals surface area contributed by atoms with E-state index in [2.05, 4.69) is 0 Å². The molecular weight excluding hydrogens is 228 g/mol. The van der Waals surface area contributed by atoms with Crippen LogP contribution in [0.25, 0.3) is 0 Å². The van der Waals surface area contributed by atoms with E-state index in [-0.39, 0.29) is 17.1 Å². The molecule has 4 fully saturated rings. The molecule has 0 N–H and O–H groups in total. The summed E-state index contributed by atoms with van der Waals surface area (Å²) in [5.74, 6) is 1.38. The fourth-order valence-corrected chi connectivity index (χ4v) is 4.36. The summed E-state index contributed by atoms with van der Waals surface area (Å²) in [6.07, 6.45) is 6.65. The first-order chi connectivity index (χ1) is 6.18. The topological polar surface area (TPSA) is 40.1 Å². The average Bonchev–Trinajstić information content (AvgIpc) is 2.00. The molecule has 0 aromatic heterocycles. The van der Waals surface area contributed by atoms with E-state index < -0.39 is 11.4 Å². The van der Waals surface area contributed by atoms with E-state index in [1.54, 1.807) is 0 Å². The van der Waals surface area contributed by atoms with Crippen LogP contribution in [-0.2, 0) is 21.9 Å². The summed E-state index contributed by atoms with van der Waals surface area (Å²) in [5, 5.41) is 11.1. The van der Waals surface area contributed by atoms with Crippen molar-refractivity contribution in [3.05, 3.63) is 0 Å². The van der Waals surface area contributed by atoms with Crippen LogP contribution >= 0.6 is 0 Å².